The van der Waals surface area contributed by atoms with Crippen LogP contribution >= 0.6 is 0 Å². The van der Waals surface area contributed by atoms with Crippen LogP contribution in [0.1, 0.15) is 36.8 Å². The Hall–Kier alpha value is -3.16. The van der Waals surface area contributed by atoms with E-state index in [1.807, 2.05) is 0 Å². The monoisotopic (exact) mass is 390 g/mol. The highest BCUT2D eigenvalue weighted by atomic mass is 19.2. The lowest BCUT2D eigenvalue weighted by Crippen LogP contribution is -2.25. The number of hydrogen-bond donors (Lipinski definition) is 2. The van der Waals surface area contributed by atoms with Gasteiger partial charge >= 0.3 is 0 Å². The average molecular weight is 390 g/mol. The molecule has 2 N–H and O–H groups in total. The molecule has 0 aliphatic carbocycles. The molecule has 0 saturated carbocycles. The molecule has 148 valence electrons. The van der Waals surface area contributed by atoms with Gasteiger partial charge in [-0.15, -0.1) is 0 Å². The zero-order chi connectivity index (χ0) is 20.4. The van der Waals surface area contributed by atoms with Gasteiger partial charge in [0.05, 0.1) is 19.9 Å². The summed E-state index contributed by atoms with van der Waals surface area (Å²) in [5.41, 5.74) is 1.26. The zero-order valence-corrected chi connectivity index (χ0v) is 15.7. The summed E-state index contributed by atoms with van der Waals surface area (Å²) in [5.74, 6) is -3.00. The van der Waals surface area contributed by atoms with Crippen molar-refractivity contribution in [1.82, 2.24) is 0 Å². The van der Waals surface area contributed by atoms with E-state index in [-0.39, 0.29) is 36.0 Å². The number of halogens is 2. The lowest BCUT2D eigenvalue weighted by atomic mass is 9.83. The van der Waals surface area contributed by atoms with Gasteiger partial charge in [0, 0.05) is 36.1 Å². The molecule has 1 aliphatic rings. The van der Waals surface area contributed by atoms with E-state index in [1.54, 1.807) is 19.1 Å². The topological polar surface area (TPSA) is 76.7 Å². The van der Waals surface area contributed by atoms with Gasteiger partial charge in [0.1, 0.15) is 11.5 Å². The minimum atomic E-state index is -1.07. The SMILES string of the molecule is CCC(=O)Nc1cc2c(cc1OC)NC(=O)CC2c1c(OC)ccc(F)c1F. The lowest BCUT2D eigenvalue weighted by Gasteiger charge is -2.28. The van der Waals surface area contributed by atoms with E-state index in [9.17, 15) is 18.4 Å². The number of fused-ring (bicyclic) bond motifs is 1. The first-order valence-corrected chi connectivity index (χ1v) is 8.73. The van der Waals surface area contributed by atoms with E-state index in [4.69, 9.17) is 9.47 Å². The Kier molecular flexibility index (Phi) is 5.48. The first kappa shape index (κ1) is 19.6. The van der Waals surface area contributed by atoms with Gasteiger partial charge in [-0.05, 0) is 23.8 Å². The minimum absolute atomic E-state index is 0.0449. The molecule has 6 nitrogen and oxygen atoms in total. The maximum Gasteiger partial charge on any atom is 0.225 e. The molecule has 0 spiro atoms. The largest absolute Gasteiger partial charge is 0.496 e. The second-order valence-corrected chi connectivity index (χ2v) is 6.32. The molecule has 1 heterocycles. The molecule has 2 aromatic carbocycles. The molecule has 0 saturated heterocycles. The number of benzene rings is 2. The first-order valence-electron chi connectivity index (χ1n) is 8.73. The Morgan fingerprint density at radius 2 is 1.93 bits per heavy atom. The fraction of sp³-hybridized carbons (Fsp3) is 0.300. The van der Waals surface area contributed by atoms with E-state index in [0.717, 1.165) is 6.07 Å². The van der Waals surface area contributed by atoms with Gasteiger partial charge in [-0.3, -0.25) is 9.59 Å². The predicted octanol–water partition coefficient (Wildman–Crippen LogP) is 3.80. The van der Waals surface area contributed by atoms with Crippen LogP contribution in [0.4, 0.5) is 20.2 Å². The molecule has 2 amide bonds. The van der Waals surface area contributed by atoms with Crippen molar-refractivity contribution < 1.29 is 27.8 Å². The number of amides is 2. The Morgan fingerprint density at radius 3 is 2.57 bits per heavy atom. The van der Waals surface area contributed by atoms with E-state index in [1.165, 1.54) is 20.3 Å². The quantitative estimate of drug-likeness (QED) is 0.814. The number of carbonyl (C=O) groups excluding carboxylic acids is 2. The zero-order valence-electron chi connectivity index (χ0n) is 15.7. The van der Waals surface area contributed by atoms with Crippen molar-refractivity contribution in [3.05, 3.63) is 47.0 Å². The highest BCUT2D eigenvalue weighted by molar-refractivity contribution is 5.98. The van der Waals surface area contributed by atoms with Gasteiger partial charge < -0.3 is 20.1 Å². The second kappa shape index (κ2) is 7.84. The highest BCUT2D eigenvalue weighted by Gasteiger charge is 2.33. The summed E-state index contributed by atoms with van der Waals surface area (Å²) < 4.78 is 39.1. The fourth-order valence-electron chi connectivity index (χ4n) is 3.30. The van der Waals surface area contributed by atoms with Crippen molar-refractivity contribution >= 4 is 23.2 Å². The molecule has 28 heavy (non-hydrogen) atoms. The van der Waals surface area contributed by atoms with Crippen LogP contribution in [0.2, 0.25) is 0 Å². The van der Waals surface area contributed by atoms with Crippen LogP contribution in [0.15, 0.2) is 24.3 Å². The van der Waals surface area contributed by atoms with Gasteiger partial charge in [-0.1, -0.05) is 6.92 Å². The van der Waals surface area contributed by atoms with Crippen LogP contribution in [-0.4, -0.2) is 26.0 Å². The van der Waals surface area contributed by atoms with Crippen molar-refractivity contribution in [2.45, 2.75) is 25.7 Å². The molecular weight excluding hydrogens is 370 g/mol. The summed E-state index contributed by atoms with van der Waals surface area (Å²) in [7, 11) is 2.78. The molecule has 0 radical (unpaired) electrons. The first-order chi connectivity index (χ1) is 13.4. The molecule has 1 unspecified atom stereocenters. The van der Waals surface area contributed by atoms with Crippen LogP contribution in [0.3, 0.4) is 0 Å². The van der Waals surface area contributed by atoms with E-state index in [2.05, 4.69) is 10.6 Å². The number of methoxy groups -OCH3 is 2. The van der Waals surface area contributed by atoms with Gasteiger partial charge in [0.2, 0.25) is 11.8 Å². The van der Waals surface area contributed by atoms with Crippen LogP contribution < -0.4 is 20.1 Å². The van der Waals surface area contributed by atoms with Gasteiger partial charge in [-0.25, -0.2) is 8.78 Å². The van der Waals surface area contributed by atoms with Gasteiger partial charge in [-0.2, -0.15) is 0 Å². The van der Waals surface area contributed by atoms with Crippen LogP contribution in [0.5, 0.6) is 11.5 Å². The standard InChI is InChI=1S/C20H20F2N2O4/c1-4-17(25)24-14-7-10-11(8-18(26)23-13(10)9-16(14)28-3)19-15(27-2)6-5-12(21)20(19)22/h5-7,9,11H,4,8H2,1-3H3,(H,23,26)(H,24,25). The molecule has 0 bridgehead atoms. The maximum atomic E-state index is 14.7. The number of nitrogens with one attached hydrogen (secondary N) is 2. The normalized spacial score (nSPS) is 15.5. The number of carbonyl (C=O) groups is 2. The lowest BCUT2D eigenvalue weighted by molar-refractivity contribution is -0.117. The van der Waals surface area contributed by atoms with Crippen molar-refractivity contribution in [2.75, 3.05) is 24.9 Å². The summed E-state index contributed by atoms with van der Waals surface area (Å²) in [4.78, 5) is 24.1. The summed E-state index contributed by atoms with van der Waals surface area (Å²) >= 11 is 0. The molecule has 0 aromatic heterocycles. The molecule has 1 atom stereocenters. The van der Waals surface area contributed by atoms with Gasteiger partial charge in [0.15, 0.2) is 11.6 Å². The van der Waals surface area contributed by atoms with Crippen molar-refractivity contribution in [2.24, 2.45) is 0 Å². The molecular formula is C20H20F2N2O4. The third kappa shape index (κ3) is 3.49. The summed E-state index contributed by atoms with van der Waals surface area (Å²) in [5, 5.41) is 5.44. The number of rotatable bonds is 5. The van der Waals surface area contributed by atoms with Gasteiger partial charge in [0.25, 0.3) is 0 Å². The van der Waals surface area contributed by atoms with Crippen molar-refractivity contribution in [1.29, 1.82) is 0 Å². The smallest absolute Gasteiger partial charge is 0.225 e. The summed E-state index contributed by atoms with van der Waals surface area (Å²) in [6.45, 7) is 1.70. The molecule has 1 aliphatic heterocycles. The molecule has 0 fully saturated rings. The van der Waals surface area contributed by atoms with E-state index >= 15 is 0 Å². The maximum absolute atomic E-state index is 14.7. The number of hydrogen-bond acceptors (Lipinski definition) is 4. The number of ether oxygens (including phenoxy) is 2. The van der Waals surface area contributed by atoms with E-state index in [0.29, 0.717) is 22.7 Å². The summed E-state index contributed by atoms with van der Waals surface area (Å²) in [6.07, 6.45) is 0.157. The number of anilines is 2. The molecule has 3 rings (SSSR count). The Labute approximate surface area is 160 Å². The van der Waals surface area contributed by atoms with Crippen LogP contribution in [0.25, 0.3) is 0 Å². The Balaban J connectivity index is 2.20. The van der Waals surface area contributed by atoms with Crippen molar-refractivity contribution in [3.63, 3.8) is 0 Å². The van der Waals surface area contributed by atoms with Crippen molar-refractivity contribution in [3.8, 4) is 11.5 Å². The van der Waals surface area contributed by atoms with E-state index < -0.39 is 17.6 Å². The average Bonchev–Trinajstić information content (AvgIpc) is 2.69. The highest BCUT2D eigenvalue weighted by Crippen LogP contribution is 2.45. The predicted molar refractivity (Wildman–Crippen MR) is 99.9 cm³/mol. The minimum Gasteiger partial charge on any atom is -0.496 e. The summed E-state index contributed by atoms with van der Waals surface area (Å²) in [6, 6.07) is 5.45. The third-order valence-corrected chi connectivity index (χ3v) is 4.67. The van der Waals surface area contributed by atoms with Crippen LogP contribution in [0, 0.1) is 11.6 Å². The van der Waals surface area contributed by atoms with Crippen LogP contribution in [-0.2, 0) is 9.59 Å². The molecule has 2 aromatic rings. The Morgan fingerprint density at radius 1 is 1.21 bits per heavy atom. The fourth-order valence-corrected chi connectivity index (χ4v) is 3.30. The third-order valence-electron chi connectivity index (χ3n) is 4.67. The molecule has 8 heteroatoms. The second-order valence-electron chi connectivity index (χ2n) is 6.32. The Bertz CT molecular complexity index is 946.